The second kappa shape index (κ2) is 4.42. The lowest BCUT2D eigenvalue weighted by Crippen LogP contribution is -2.60. The standard InChI is InChI=1S/C13H26N2/c1-13(2)12(14)8-5-9-15(13)10-11-6-3-4-7-11/h11-12H,3-10,14H2,1-2H3. The summed E-state index contributed by atoms with van der Waals surface area (Å²) in [5.74, 6) is 0.953. The summed E-state index contributed by atoms with van der Waals surface area (Å²) in [7, 11) is 0. The lowest BCUT2D eigenvalue weighted by atomic mass is 9.84. The summed E-state index contributed by atoms with van der Waals surface area (Å²) in [5.41, 5.74) is 6.46. The van der Waals surface area contributed by atoms with E-state index in [9.17, 15) is 0 Å². The number of piperidine rings is 1. The van der Waals surface area contributed by atoms with Gasteiger partial charge in [0.25, 0.3) is 0 Å². The van der Waals surface area contributed by atoms with Gasteiger partial charge < -0.3 is 5.73 Å². The topological polar surface area (TPSA) is 29.3 Å². The van der Waals surface area contributed by atoms with E-state index in [-0.39, 0.29) is 5.54 Å². The van der Waals surface area contributed by atoms with E-state index in [1.165, 1.54) is 51.6 Å². The summed E-state index contributed by atoms with van der Waals surface area (Å²) < 4.78 is 0. The van der Waals surface area contributed by atoms with Gasteiger partial charge in [0.1, 0.15) is 0 Å². The Balaban J connectivity index is 1.94. The van der Waals surface area contributed by atoms with Crippen molar-refractivity contribution in [2.45, 2.75) is 64.0 Å². The molecule has 1 atom stereocenters. The Morgan fingerprint density at radius 2 is 1.80 bits per heavy atom. The Bertz CT molecular complexity index is 207. The molecule has 0 aromatic rings. The number of likely N-dealkylation sites (tertiary alicyclic amines) is 1. The molecular weight excluding hydrogens is 184 g/mol. The first-order chi connectivity index (χ1) is 7.10. The number of hydrogen-bond donors (Lipinski definition) is 1. The first-order valence-corrected chi connectivity index (χ1v) is 6.61. The Kier molecular flexibility index (Phi) is 3.36. The van der Waals surface area contributed by atoms with Gasteiger partial charge >= 0.3 is 0 Å². The molecule has 1 unspecified atom stereocenters. The van der Waals surface area contributed by atoms with E-state index in [4.69, 9.17) is 5.73 Å². The number of rotatable bonds is 2. The van der Waals surface area contributed by atoms with E-state index in [0.717, 1.165) is 5.92 Å². The van der Waals surface area contributed by atoms with Crippen LogP contribution in [0.3, 0.4) is 0 Å². The van der Waals surface area contributed by atoms with Crippen LogP contribution in [-0.4, -0.2) is 29.6 Å². The Hall–Kier alpha value is -0.0800. The van der Waals surface area contributed by atoms with Gasteiger partial charge in [0, 0.05) is 18.1 Å². The minimum absolute atomic E-state index is 0.223. The first-order valence-electron chi connectivity index (χ1n) is 6.61. The Labute approximate surface area is 94.2 Å². The third kappa shape index (κ3) is 2.36. The number of hydrogen-bond acceptors (Lipinski definition) is 2. The predicted molar refractivity (Wildman–Crippen MR) is 64.8 cm³/mol. The molecule has 2 aliphatic rings. The molecule has 0 amide bonds. The lowest BCUT2D eigenvalue weighted by Gasteiger charge is -2.47. The lowest BCUT2D eigenvalue weighted by molar-refractivity contribution is 0.0434. The maximum Gasteiger partial charge on any atom is 0.0304 e. The smallest absolute Gasteiger partial charge is 0.0304 e. The molecule has 1 saturated heterocycles. The van der Waals surface area contributed by atoms with Crippen LogP contribution in [0.4, 0.5) is 0 Å². The average molecular weight is 210 g/mol. The van der Waals surface area contributed by atoms with E-state index >= 15 is 0 Å². The van der Waals surface area contributed by atoms with Crippen LogP contribution in [0.2, 0.25) is 0 Å². The second-order valence-corrected chi connectivity index (χ2v) is 6.00. The van der Waals surface area contributed by atoms with Gasteiger partial charge in [-0.05, 0) is 52.0 Å². The van der Waals surface area contributed by atoms with Gasteiger partial charge in [0.2, 0.25) is 0 Å². The largest absolute Gasteiger partial charge is 0.326 e. The van der Waals surface area contributed by atoms with E-state index in [2.05, 4.69) is 18.7 Å². The van der Waals surface area contributed by atoms with Crippen molar-refractivity contribution < 1.29 is 0 Å². The molecule has 2 fully saturated rings. The average Bonchev–Trinajstić information content (AvgIpc) is 2.66. The second-order valence-electron chi connectivity index (χ2n) is 6.00. The molecular formula is C13H26N2. The van der Waals surface area contributed by atoms with Crippen molar-refractivity contribution in [2.24, 2.45) is 11.7 Å². The summed E-state index contributed by atoms with van der Waals surface area (Å²) in [5, 5.41) is 0. The van der Waals surface area contributed by atoms with Crippen molar-refractivity contribution in [1.29, 1.82) is 0 Å². The van der Waals surface area contributed by atoms with Crippen LogP contribution in [0.5, 0.6) is 0 Å². The van der Waals surface area contributed by atoms with E-state index in [0.29, 0.717) is 6.04 Å². The molecule has 2 nitrogen and oxygen atoms in total. The predicted octanol–water partition coefficient (Wildman–Crippen LogP) is 2.38. The number of nitrogens with two attached hydrogens (primary N) is 1. The highest BCUT2D eigenvalue weighted by atomic mass is 15.2. The number of nitrogens with zero attached hydrogens (tertiary/aromatic N) is 1. The molecule has 0 bridgehead atoms. The molecule has 1 aliphatic carbocycles. The Morgan fingerprint density at radius 3 is 2.47 bits per heavy atom. The molecule has 1 heterocycles. The first kappa shape index (κ1) is 11.4. The fraction of sp³-hybridized carbons (Fsp3) is 1.00. The molecule has 88 valence electrons. The quantitative estimate of drug-likeness (QED) is 0.758. The van der Waals surface area contributed by atoms with Gasteiger partial charge in [-0.15, -0.1) is 0 Å². The summed E-state index contributed by atoms with van der Waals surface area (Å²) in [4.78, 5) is 2.65. The van der Waals surface area contributed by atoms with Gasteiger partial charge in [0.15, 0.2) is 0 Å². The summed E-state index contributed by atoms with van der Waals surface area (Å²) >= 11 is 0. The van der Waals surface area contributed by atoms with Crippen LogP contribution in [0.1, 0.15) is 52.4 Å². The highest BCUT2D eigenvalue weighted by molar-refractivity contribution is 4.96. The molecule has 1 saturated carbocycles. The van der Waals surface area contributed by atoms with E-state index in [1.807, 2.05) is 0 Å². The molecule has 0 radical (unpaired) electrons. The zero-order chi connectivity index (χ0) is 10.9. The van der Waals surface area contributed by atoms with Crippen molar-refractivity contribution in [1.82, 2.24) is 4.90 Å². The van der Waals surface area contributed by atoms with Crippen LogP contribution < -0.4 is 5.73 Å². The zero-order valence-corrected chi connectivity index (χ0v) is 10.3. The van der Waals surface area contributed by atoms with Gasteiger partial charge in [-0.3, -0.25) is 4.90 Å². The summed E-state index contributed by atoms with van der Waals surface area (Å²) in [6.45, 7) is 7.20. The highest BCUT2D eigenvalue weighted by Gasteiger charge is 2.37. The fourth-order valence-corrected chi connectivity index (χ4v) is 3.21. The minimum atomic E-state index is 0.223. The SMILES string of the molecule is CC1(C)C(N)CCCN1CC1CCCC1. The minimum Gasteiger partial charge on any atom is -0.326 e. The maximum absolute atomic E-state index is 6.24. The van der Waals surface area contributed by atoms with E-state index < -0.39 is 0 Å². The molecule has 0 aromatic heterocycles. The Morgan fingerprint density at radius 1 is 1.13 bits per heavy atom. The molecule has 0 spiro atoms. The molecule has 2 rings (SSSR count). The van der Waals surface area contributed by atoms with Crippen molar-refractivity contribution in [3.05, 3.63) is 0 Å². The van der Waals surface area contributed by atoms with Crippen LogP contribution in [0.25, 0.3) is 0 Å². The normalized spacial score (nSPS) is 33.4. The zero-order valence-electron chi connectivity index (χ0n) is 10.3. The van der Waals surface area contributed by atoms with Crippen molar-refractivity contribution >= 4 is 0 Å². The summed E-state index contributed by atoms with van der Waals surface area (Å²) in [6, 6.07) is 0.368. The third-order valence-corrected chi connectivity index (χ3v) is 4.62. The van der Waals surface area contributed by atoms with Crippen molar-refractivity contribution in [2.75, 3.05) is 13.1 Å². The van der Waals surface area contributed by atoms with Crippen LogP contribution in [0, 0.1) is 5.92 Å². The molecule has 0 aromatic carbocycles. The van der Waals surface area contributed by atoms with Gasteiger partial charge in [-0.1, -0.05) is 12.8 Å². The van der Waals surface area contributed by atoms with Gasteiger partial charge in [-0.25, -0.2) is 0 Å². The van der Waals surface area contributed by atoms with Crippen LogP contribution in [0.15, 0.2) is 0 Å². The van der Waals surface area contributed by atoms with Gasteiger partial charge in [0.05, 0.1) is 0 Å². The van der Waals surface area contributed by atoms with Crippen molar-refractivity contribution in [3.8, 4) is 0 Å². The molecule has 2 N–H and O–H groups in total. The van der Waals surface area contributed by atoms with Crippen LogP contribution in [-0.2, 0) is 0 Å². The van der Waals surface area contributed by atoms with Crippen molar-refractivity contribution in [3.63, 3.8) is 0 Å². The fourth-order valence-electron chi connectivity index (χ4n) is 3.21. The molecule has 2 heteroatoms. The third-order valence-electron chi connectivity index (χ3n) is 4.62. The maximum atomic E-state index is 6.24. The van der Waals surface area contributed by atoms with Gasteiger partial charge in [-0.2, -0.15) is 0 Å². The summed E-state index contributed by atoms with van der Waals surface area (Å²) in [6.07, 6.45) is 8.28. The highest BCUT2D eigenvalue weighted by Crippen LogP contribution is 2.31. The van der Waals surface area contributed by atoms with E-state index in [1.54, 1.807) is 0 Å². The molecule has 15 heavy (non-hydrogen) atoms. The monoisotopic (exact) mass is 210 g/mol. The molecule has 1 aliphatic heterocycles. The van der Waals surface area contributed by atoms with Crippen LogP contribution >= 0.6 is 0 Å².